The van der Waals surface area contributed by atoms with Gasteiger partial charge >= 0.3 is 0 Å². The van der Waals surface area contributed by atoms with Crippen molar-refractivity contribution in [3.8, 4) is 22.9 Å². The number of carbonyl (C=O) groups excluding carboxylic acids is 3. The maximum Gasteiger partial charge on any atom is 0.255 e. The summed E-state index contributed by atoms with van der Waals surface area (Å²) in [5, 5.41) is 6.30. The predicted molar refractivity (Wildman–Crippen MR) is 182 cm³/mol. The highest BCUT2D eigenvalue weighted by Crippen LogP contribution is 2.32. The number of aromatic nitrogens is 3. The Labute approximate surface area is 283 Å². The van der Waals surface area contributed by atoms with Gasteiger partial charge in [0.2, 0.25) is 11.8 Å². The third kappa shape index (κ3) is 7.86. The van der Waals surface area contributed by atoms with Crippen LogP contribution in [0, 0.1) is 12.7 Å². The van der Waals surface area contributed by atoms with Crippen LogP contribution in [0.15, 0.2) is 85.2 Å². The fourth-order valence-corrected chi connectivity index (χ4v) is 5.94. The van der Waals surface area contributed by atoms with Crippen molar-refractivity contribution >= 4 is 28.6 Å². The molecule has 0 radical (unpaired) electrons. The topological polar surface area (TPSA) is 128 Å². The lowest BCUT2D eigenvalue weighted by Crippen LogP contribution is -2.51. The highest BCUT2D eigenvalue weighted by atomic mass is 19.1. The number of aryl methyl sites for hydroxylation is 1. The van der Waals surface area contributed by atoms with E-state index in [1.165, 1.54) is 23.1 Å². The van der Waals surface area contributed by atoms with Crippen LogP contribution in [0.25, 0.3) is 22.3 Å². The molecule has 3 aromatic carbocycles. The molecule has 0 saturated heterocycles. The number of rotatable bonds is 4. The lowest BCUT2D eigenvalue weighted by atomic mass is 10.0. The van der Waals surface area contributed by atoms with Crippen molar-refractivity contribution in [3.63, 3.8) is 0 Å². The quantitative estimate of drug-likeness (QED) is 0.293. The van der Waals surface area contributed by atoms with E-state index < -0.39 is 23.7 Å². The van der Waals surface area contributed by atoms with E-state index in [-0.39, 0.29) is 38.6 Å². The number of nitrogens with one attached hydrogen (secondary N) is 2. The number of hydrogen-bond acceptors (Lipinski definition) is 7. The van der Waals surface area contributed by atoms with Crippen molar-refractivity contribution in [2.24, 2.45) is 0 Å². The second kappa shape index (κ2) is 15.0. The number of ether oxygens (including phenoxy) is 2. The Morgan fingerprint density at radius 2 is 1.90 bits per heavy atom. The molecule has 3 amide bonds. The van der Waals surface area contributed by atoms with Crippen LogP contribution in [-0.2, 0) is 22.6 Å². The van der Waals surface area contributed by atoms with Crippen LogP contribution in [0.4, 0.5) is 4.39 Å². The maximum atomic E-state index is 14.2. The largest absolute Gasteiger partial charge is 0.493 e. The van der Waals surface area contributed by atoms with E-state index in [4.69, 9.17) is 9.47 Å². The summed E-state index contributed by atoms with van der Waals surface area (Å²) in [7, 11) is 1.56. The zero-order chi connectivity index (χ0) is 34.3. The van der Waals surface area contributed by atoms with Gasteiger partial charge in [-0.1, -0.05) is 30.3 Å². The number of nitrogens with zero attached hydrogens (tertiary/aromatic N) is 4. The maximum absolute atomic E-state index is 14.2. The number of halogens is 1. The summed E-state index contributed by atoms with van der Waals surface area (Å²) in [5.41, 5.74) is 2.83. The Morgan fingerprint density at radius 1 is 1.06 bits per heavy atom. The summed E-state index contributed by atoms with van der Waals surface area (Å²) in [4.78, 5) is 51.8. The first-order valence-electron chi connectivity index (χ1n) is 16.1. The van der Waals surface area contributed by atoms with Crippen molar-refractivity contribution < 1.29 is 28.2 Å². The van der Waals surface area contributed by atoms with Crippen LogP contribution in [0.2, 0.25) is 0 Å². The molecule has 2 N–H and O–H groups in total. The van der Waals surface area contributed by atoms with Gasteiger partial charge in [-0.15, -0.1) is 0 Å². The fourth-order valence-electron chi connectivity index (χ4n) is 5.94. The van der Waals surface area contributed by atoms with E-state index >= 15 is 0 Å². The molecule has 0 saturated carbocycles. The number of benzene rings is 3. The Morgan fingerprint density at radius 3 is 2.71 bits per heavy atom. The van der Waals surface area contributed by atoms with E-state index in [1.807, 2.05) is 53.2 Å². The number of methoxy groups -OCH3 is 1. The molecule has 0 spiro atoms. The first kappa shape index (κ1) is 33.1. The number of fused-ring (bicyclic) bond motifs is 5. The Balaban J connectivity index is 1.33. The first-order valence-corrected chi connectivity index (χ1v) is 16.1. The van der Waals surface area contributed by atoms with Gasteiger partial charge in [0.25, 0.3) is 5.91 Å². The normalized spacial score (nSPS) is 16.1. The van der Waals surface area contributed by atoms with Gasteiger partial charge in [-0.3, -0.25) is 19.4 Å². The van der Waals surface area contributed by atoms with Gasteiger partial charge < -0.3 is 29.6 Å². The van der Waals surface area contributed by atoms with Gasteiger partial charge in [0.15, 0.2) is 11.5 Å². The molecular weight excluding hydrogens is 627 g/mol. The summed E-state index contributed by atoms with van der Waals surface area (Å²) < 4.78 is 27.7. The molecular formula is C37H37FN6O5. The molecule has 0 unspecified atom stereocenters. The molecule has 1 aliphatic rings. The van der Waals surface area contributed by atoms with Crippen molar-refractivity contribution in [2.45, 2.75) is 32.4 Å². The number of imidazole rings is 1. The first-order chi connectivity index (χ1) is 23.8. The third-order valence-corrected chi connectivity index (χ3v) is 8.31. The molecule has 0 fully saturated rings. The van der Waals surface area contributed by atoms with Gasteiger partial charge in [-0.05, 0) is 55.3 Å². The van der Waals surface area contributed by atoms with E-state index in [9.17, 15) is 18.8 Å². The summed E-state index contributed by atoms with van der Waals surface area (Å²) in [6.07, 6.45) is 4.15. The van der Waals surface area contributed by atoms with Crippen LogP contribution in [-0.4, -0.2) is 76.5 Å². The summed E-state index contributed by atoms with van der Waals surface area (Å²) in [6, 6.07) is 19.7. The van der Waals surface area contributed by atoms with Crippen molar-refractivity contribution in [3.05, 3.63) is 108 Å². The standard InChI is InChI=1S/C37H37FN6O5/c1-24-19-29(28-11-10-27(38)22-30(28)41-24)37(47)44-15-6-18-49-33-21-26(9-12-32(33)48-2)35-39-13-16-43(35)17-14-40-36(46)31(42-34(45)23-44)20-25-7-4-3-5-8-25/h3-5,7-13,16,19,21-22,31H,6,14-15,17-18,20,23H2,1-2H3,(H,40,46)(H,42,45)/t31-/m0/s1. The van der Waals surface area contributed by atoms with E-state index in [0.717, 1.165) is 11.1 Å². The number of carbonyl (C=O) groups is 3. The van der Waals surface area contributed by atoms with Crippen molar-refractivity contribution in [1.82, 2.24) is 30.1 Å². The van der Waals surface area contributed by atoms with Gasteiger partial charge in [0.05, 0.1) is 31.3 Å². The molecule has 2 aromatic heterocycles. The molecule has 11 nitrogen and oxygen atoms in total. The molecule has 1 aliphatic heterocycles. The molecule has 12 heteroatoms. The second-order valence-corrected chi connectivity index (χ2v) is 11.8. The minimum atomic E-state index is -0.896. The molecule has 2 bridgehead atoms. The Bertz CT molecular complexity index is 1980. The van der Waals surface area contributed by atoms with Gasteiger partial charge in [0.1, 0.15) is 17.7 Å². The van der Waals surface area contributed by atoms with Crippen LogP contribution < -0.4 is 20.1 Å². The SMILES string of the molecule is COc1ccc2cc1OCCCN(C(=O)c1cc(C)nc3cc(F)ccc13)CC(=O)N[C@@H](Cc1ccccc1)C(=O)NCCn1ccnc1-2. The highest BCUT2D eigenvalue weighted by molar-refractivity contribution is 6.07. The van der Waals surface area contributed by atoms with Gasteiger partial charge in [-0.25, -0.2) is 9.37 Å². The molecule has 5 aromatic rings. The predicted octanol–water partition coefficient (Wildman–Crippen LogP) is 4.32. The summed E-state index contributed by atoms with van der Waals surface area (Å²) in [6.45, 7) is 2.47. The van der Waals surface area contributed by atoms with Crippen molar-refractivity contribution in [2.75, 3.05) is 33.4 Å². The van der Waals surface area contributed by atoms with Gasteiger partial charge in [-0.2, -0.15) is 0 Å². The van der Waals surface area contributed by atoms with Gasteiger partial charge in [0, 0.05) is 61.2 Å². The van der Waals surface area contributed by atoms with Crippen molar-refractivity contribution in [1.29, 1.82) is 0 Å². The Kier molecular flexibility index (Phi) is 10.1. The van der Waals surface area contributed by atoms with Crippen LogP contribution in [0.3, 0.4) is 0 Å². The zero-order valence-corrected chi connectivity index (χ0v) is 27.3. The summed E-state index contributed by atoms with van der Waals surface area (Å²) in [5.74, 6) is -0.0269. The van der Waals surface area contributed by atoms with Crippen LogP contribution in [0.1, 0.15) is 28.0 Å². The lowest BCUT2D eigenvalue weighted by Gasteiger charge is -2.25. The van der Waals surface area contributed by atoms with Crippen LogP contribution >= 0.6 is 0 Å². The molecule has 0 aliphatic carbocycles. The smallest absolute Gasteiger partial charge is 0.255 e. The van der Waals surface area contributed by atoms with Crippen LogP contribution in [0.5, 0.6) is 11.5 Å². The second-order valence-electron chi connectivity index (χ2n) is 11.8. The number of amides is 3. The molecule has 3 heterocycles. The Hall–Kier alpha value is -5.78. The minimum Gasteiger partial charge on any atom is -0.493 e. The lowest BCUT2D eigenvalue weighted by molar-refractivity contribution is -0.129. The number of pyridine rings is 1. The molecule has 6 rings (SSSR count). The third-order valence-electron chi connectivity index (χ3n) is 8.31. The fraction of sp³-hybridized carbons (Fsp3) is 0.270. The van der Waals surface area contributed by atoms with E-state index in [2.05, 4.69) is 20.6 Å². The molecule has 49 heavy (non-hydrogen) atoms. The zero-order valence-electron chi connectivity index (χ0n) is 27.3. The highest BCUT2D eigenvalue weighted by Gasteiger charge is 2.26. The number of hydrogen-bond donors (Lipinski definition) is 2. The summed E-state index contributed by atoms with van der Waals surface area (Å²) >= 11 is 0. The molecule has 252 valence electrons. The monoisotopic (exact) mass is 664 g/mol. The van der Waals surface area contributed by atoms with E-state index in [0.29, 0.717) is 52.4 Å². The minimum absolute atomic E-state index is 0.151. The van der Waals surface area contributed by atoms with E-state index in [1.54, 1.807) is 32.4 Å². The average molecular weight is 665 g/mol. The molecule has 1 atom stereocenters. The average Bonchev–Trinajstić information content (AvgIpc) is 3.57.